The van der Waals surface area contributed by atoms with Crippen molar-refractivity contribution >= 4 is 5.91 Å². The first kappa shape index (κ1) is 17.5. The van der Waals surface area contributed by atoms with E-state index in [-0.39, 0.29) is 18.5 Å². The summed E-state index contributed by atoms with van der Waals surface area (Å²) >= 11 is 0. The molecule has 1 aromatic heterocycles. The Kier molecular flexibility index (Phi) is 5.37. The lowest BCUT2D eigenvalue weighted by molar-refractivity contribution is -0.134. The van der Waals surface area contributed by atoms with Crippen molar-refractivity contribution in [2.45, 2.75) is 25.9 Å². The summed E-state index contributed by atoms with van der Waals surface area (Å²) in [4.78, 5) is 20.0. The second kappa shape index (κ2) is 7.69. The molecule has 0 radical (unpaired) electrons. The Morgan fingerprint density at radius 2 is 2.00 bits per heavy atom. The fourth-order valence-corrected chi connectivity index (χ4v) is 3.28. The molecule has 1 aromatic carbocycles. The molecule has 0 bridgehead atoms. The highest BCUT2D eigenvalue weighted by atomic mass is 19.1. The van der Waals surface area contributed by atoms with Gasteiger partial charge in [0.2, 0.25) is 5.91 Å². The highest BCUT2D eigenvalue weighted by Gasteiger charge is 2.27. The third kappa shape index (κ3) is 4.01. The van der Waals surface area contributed by atoms with Gasteiger partial charge in [-0.25, -0.2) is 18.4 Å². The van der Waals surface area contributed by atoms with Crippen LogP contribution in [0.3, 0.4) is 0 Å². The maximum atomic E-state index is 14.1. The van der Waals surface area contributed by atoms with Gasteiger partial charge in [-0.05, 0) is 12.5 Å². The summed E-state index contributed by atoms with van der Waals surface area (Å²) in [5, 5.41) is 3.94. The van der Waals surface area contributed by atoms with Gasteiger partial charge in [0, 0.05) is 43.9 Å². The van der Waals surface area contributed by atoms with Crippen LogP contribution < -0.4 is 0 Å². The Hall–Kier alpha value is -2.35. The van der Waals surface area contributed by atoms with Crippen molar-refractivity contribution in [1.82, 2.24) is 24.6 Å². The van der Waals surface area contributed by atoms with E-state index in [4.69, 9.17) is 0 Å². The van der Waals surface area contributed by atoms with E-state index in [0.717, 1.165) is 12.5 Å². The molecule has 1 aliphatic rings. The molecular weight excluding hydrogens is 328 g/mol. The van der Waals surface area contributed by atoms with E-state index in [2.05, 4.69) is 15.0 Å². The predicted molar refractivity (Wildman–Crippen MR) is 87.6 cm³/mol. The molecule has 0 N–H and O–H groups in total. The number of rotatable bonds is 5. The normalized spacial score (nSPS) is 16.8. The molecule has 1 amide bonds. The molecular formula is C17H21F2N5O. The highest BCUT2D eigenvalue weighted by Crippen LogP contribution is 2.28. The lowest BCUT2D eigenvalue weighted by atomic mass is 10.0. The van der Waals surface area contributed by atoms with Crippen molar-refractivity contribution in [3.63, 3.8) is 0 Å². The zero-order valence-electron chi connectivity index (χ0n) is 14.1. The van der Waals surface area contributed by atoms with E-state index in [0.29, 0.717) is 31.7 Å². The van der Waals surface area contributed by atoms with Gasteiger partial charge in [0.15, 0.2) is 0 Å². The van der Waals surface area contributed by atoms with Gasteiger partial charge in [0.05, 0.1) is 0 Å². The minimum atomic E-state index is -0.570. The SMILES string of the molecule is CCC(c1ccc(F)cc1F)N1CCN(C(=O)Cn2cncn2)CC1. The molecule has 1 fully saturated rings. The zero-order chi connectivity index (χ0) is 17.8. The summed E-state index contributed by atoms with van der Waals surface area (Å²) in [6.07, 6.45) is 3.63. The van der Waals surface area contributed by atoms with Gasteiger partial charge in [0.25, 0.3) is 0 Å². The van der Waals surface area contributed by atoms with Crippen LogP contribution in [0, 0.1) is 11.6 Å². The van der Waals surface area contributed by atoms with Crippen LogP contribution in [0.15, 0.2) is 30.9 Å². The maximum Gasteiger partial charge on any atom is 0.244 e. The number of hydrogen-bond donors (Lipinski definition) is 0. The van der Waals surface area contributed by atoms with Gasteiger partial charge in [-0.3, -0.25) is 9.69 Å². The number of nitrogens with zero attached hydrogens (tertiary/aromatic N) is 5. The smallest absolute Gasteiger partial charge is 0.244 e. The third-order valence-electron chi connectivity index (χ3n) is 4.58. The first-order valence-corrected chi connectivity index (χ1v) is 8.37. The molecule has 25 heavy (non-hydrogen) atoms. The van der Waals surface area contributed by atoms with E-state index in [1.807, 2.05) is 6.92 Å². The molecule has 1 unspecified atom stereocenters. The molecule has 0 spiro atoms. The number of benzene rings is 1. The fourth-order valence-electron chi connectivity index (χ4n) is 3.28. The Morgan fingerprint density at radius 1 is 1.24 bits per heavy atom. The quantitative estimate of drug-likeness (QED) is 0.827. The van der Waals surface area contributed by atoms with Crippen molar-refractivity contribution in [3.05, 3.63) is 48.1 Å². The molecule has 6 nitrogen and oxygen atoms in total. The second-order valence-electron chi connectivity index (χ2n) is 6.10. The second-order valence-corrected chi connectivity index (χ2v) is 6.10. The summed E-state index contributed by atoms with van der Waals surface area (Å²) < 4.78 is 28.8. The van der Waals surface area contributed by atoms with Crippen LogP contribution in [-0.2, 0) is 11.3 Å². The molecule has 8 heteroatoms. The first-order chi connectivity index (χ1) is 12.1. The number of aromatic nitrogens is 3. The van der Waals surface area contributed by atoms with Crippen LogP contribution in [0.2, 0.25) is 0 Å². The molecule has 3 rings (SSSR count). The number of hydrogen-bond acceptors (Lipinski definition) is 4. The number of amides is 1. The van der Waals surface area contributed by atoms with Gasteiger partial charge >= 0.3 is 0 Å². The number of carbonyl (C=O) groups excluding carboxylic acids is 1. The van der Waals surface area contributed by atoms with Crippen LogP contribution in [0.1, 0.15) is 24.9 Å². The molecule has 0 saturated carbocycles. The van der Waals surface area contributed by atoms with Crippen molar-refractivity contribution < 1.29 is 13.6 Å². The lowest BCUT2D eigenvalue weighted by Gasteiger charge is -2.39. The first-order valence-electron chi connectivity index (χ1n) is 8.37. The van der Waals surface area contributed by atoms with Crippen molar-refractivity contribution in [2.75, 3.05) is 26.2 Å². The Labute approximate surface area is 145 Å². The van der Waals surface area contributed by atoms with Crippen LogP contribution in [0.25, 0.3) is 0 Å². The Bertz CT molecular complexity index is 714. The number of carbonyl (C=O) groups is 1. The van der Waals surface area contributed by atoms with Crippen molar-refractivity contribution in [2.24, 2.45) is 0 Å². The zero-order valence-corrected chi connectivity index (χ0v) is 14.1. The van der Waals surface area contributed by atoms with E-state index in [1.165, 1.54) is 29.5 Å². The van der Waals surface area contributed by atoms with Gasteiger partial charge in [-0.2, -0.15) is 5.10 Å². The van der Waals surface area contributed by atoms with Crippen molar-refractivity contribution in [3.8, 4) is 0 Å². The van der Waals surface area contributed by atoms with Gasteiger partial charge in [-0.1, -0.05) is 13.0 Å². The van der Waals surface area contributed by atoms with Crippen molar-refractivity contribution in [1.29, 1.82) is 0 Å². The van der Waals surface area contributed by atoms with Crippen LogP contribution >= 0.6 is 0 Å². The maximum absolute atomic E-state index is 14.1. The predicted octanol–water partition coefficient (Wildman–Crippen LogP) is 1.85. The van der Waals surface area contributed by atoms with Gasteiger partial charge < -0.3 is 4.90 Å². The van der Waals surface area contributed by atoms with Crippen LogP contribution in [-0.4, -0.2) is 56.7 Å². The third-order valence-corrected chi connectivity index (χ3v) is 4.58. The summed E-state index contributed by atoms with van der Waals surface area (Å²) in [6.45, 7) is 4.61. The minimum Gasteiger partial charge on any atom is -0.339 e. The van der Waals surface area contributed by atoms with Crippen LogP contribution in [0.4, 0.5) is 8.78 Å². The fraction of sp³-hybridized carbons (Fsp3) is 0.471. The van der Waals surface area contributed by atoms with E-state index < -0.39 is 11.6 Å². The summed E-state index contributed by atoms with van der Waals surface area (Å²) in [7, 11) is 0. The lowest BCUT2D eigenvalue weighted by Crippen LogP contribution is -2.50. The number of piperazine rings is 1. The molecule has 0 aliphatic carbocycles. The van der Waals surface area contributed by atoms with Gasteiger partial charge in [0.1, 0.15) is 30.8 Å². The highest BCUT2D eigenvalue weighted by molar-refractivity contribution is 5.76. The summed E-state index contributed by atoms with van der Waals surface area (Å²) in [5.74, 6) is -1.10. The molecule has 1 saturated heterocycles. The van der Waals surface area contributed by atoms with E-state index in [9.17, 15) is 13.6 Å². The summed E-state index contributed by atoms with van der Waals surface area (Å²) in [5.41, 5.74) is 0.506. The molecule has 2 heterocycles. The monoisotopic (exact) mass is 349 g/mol. The van der Waals surface area contributed by atoms with Gasteiger partial charge in [-0.15, -0.1) is 0 Å². The molecule has 2 aromatic rings. The van der Waals surface area contributed by atoms with Crippen LogP contribution in [0.5, 0.6) is 0 Å². The minimum absolute atomic E-state index is 0.00818. The van der Waals surface area contributed by atoms with E-state index >= 15 is 0 Å². The summed E-state index contributed by atoms with van der Waals surface area (Å²) in [6, 6.07) is 3.61. The Balaban J connectivity index is 1.61. The topological polar surface area (TPSA) is 54.3 Å². The molecule has 134 valence electrons. The number of halogens is 2. The average molecular weight is 349 g/mol. The standard InChI is InChI=1S/C17H21F2N5O/c1-2-16(14-4-3-13(18)9-15(14)19)22-5-7-23(8-6-22)17(25)10-24-12-20-11-21-24/h3-4,9,11-12,16H,2,5-8,10H2,1H3. The molecule has 1 aliphatic heterocycles. The molecule has 1 atom stereocenters. The van der Waals surface area contributed by atoms with E-state index in [1.54, 1.807) is 4.90 Å². The largest absolute Gasteiger partial charge is 0.339 e. The Morgan fingerprint density at radius 3 is 2.60 bits per heavy atom. The average Bonchev–Trinajstić information content (AvgIpc) is 3.11.